The number of esters is 1. The first-order valence-electron chi connectivity index (χ1n) is 6.70. The van der Waals surface area contributed by atoms with Gasteiger partial charge in [-0.3, -0.25) is 0 Å². The maximum Gasteiger partial charge on any atom is 0.334 e. The lowest BCUT2D eigenvalue weighted by Crippen LogP contribution is -2.33. The fourth-order valence-corrected chi connectivity index (χ4v) is 3.94. The first-order valence-corrected chi connectivity index (χ1v) is 6.70. The number of carbonyl (C=O) groups excluding carboxylic acids is 1. The van der Waals surface area contributed by atoms with Crippen molar-refractivity contribution in [3.8, 4) is 0 Å². The predicted molar refractivity (Wildman–Crippen MR) is 67.7 cm³/mol. The minimum Gasteiger partial charge on any atom is -0.454 e. The first kappa shape index (κ1) is 12.0. The van der Waals surface area contributed by atoms with Crippen LogP contribution in [-0.2, 0) is 9.53 Å². The number of hydrogen-bond acceptors (Lipinski definition) is 3. The van der Waals surface area contributed by atoms with E-state index in [9.17, 15) is 9.90 Å². The molecule has 0 aromatic rings. The van der Waals surface area contributed by atoms with Gasteiger partial charge >= 0.3 is 5.97 Å². The predicted octanol–water partition coefficient (Wildman–Crippen LogP) is 2.21. The Bertz CT molecular complexity index is 447. The molecule has 3 nitrogen and oxygen atoms in total. The van der Waals surface area contributed by atoms with E-state index in [-0.39, 0.29) is 23.9 Å². The van der Waals surface area contributed by atoms with E-state index < -0.39 is 5.60 Å². The van der Waals surface area contributed by atoms with E-state index in [0.717, 1.165) is 19.3 Å². The molecule has 5 atom stereocenters. The molecule has 1 saturated heterocycles. The molecule has 2 aliphatic carbocycles. The summed E-state index contributed by atoms with van der Waals surface area (Å²) in [6.45, 7) is 7.88. The molecule has 2 fully saturated rings. The van der Waals surface area contributed by atoms with Crippen LogP contribution < -0.4 is 0 Å². The summed E-state index contributed by atoms with van der Waals surface area (Å²) in [5.74, 6) is 0.421. The van der Waals surface area contributed by atoms with Crippen LogP contribution in [0.15, 0.2) is 23.8 Å². The second-order valence-electron chi connectivity index (χ2n) is 6.26. The minimum absolute atomic E-state index is 0.0482. The number of rotatable bonds is 0. The maximum absolute atomic E-state index is 11.6. The van der Waals surface area contributed by atoms with Gasteiger partial charge in [0.25, 0.3) is 0 Å². The summed E-state index contributed by atoms with van der Waals surface area (Å²) >= 11 is 0. The van der Waals surface area contributed by atoms with Gasteiger partial charge in [-0.2, -0.15) is 0 Å². The molecule has 3 aliphatic rings. The average Bonchev–Trinajstić information content (AvgIpc) is 2.65. The van der Waals surface area contributed by atoms with Crippen LogP contribution >= 0.6 is 0 Å². The van der Waals surface area contributed by atoms with Gasteiger partial charge in [-0.1, -0.05) is 12.2 Å². The summed E-state index contributed by atoms with van der Waals surface area (Å²) in [6.07, 6.45) is 4.59. The highest BCUT2D eigenvalue weighted by Crippen LogP contribution is 2.51. The number of carbonyl (C=O) groups is 1. The van der Waals surface area contributed by atoms with Crippen molar-refractivity contribution < 1.29 is 14.6 Å². The molecule has 1 N–H and O–H groups in total. The second-order valence-corrected chi connectivity index (χ2v) is 6.26. The third-order valence-electron chi connectivity index (χ3n) is 5.12. The van der Waals surface area contributed by atoms with Crippen molar-refractivity contribution >= 4 is 5.97 Å². The SMILES string of the molecule is C=C1C(=O)O[C@@H]2C=C(C)[C@@H]3CC[C@@](C)(O)[C@@H]3C[C@H]12. The summed E-state index contributed by atoms with van der Waals surface area (Å²) in [5, 5.41) is 10.5. The van der Waals surface area contributed by atoms with Gasteiger partial charge in [-0.15, -0.1) is 0 Å². The largest absolute Gasteiger partial charge is 0.454 e. The highest BCUT2D eigenvalue weighted by molar-refractivity contribution is 5.91. The Morgan fingerprint density at radius 3 is 2.94 bits per heavy atom. The van der Waals surface area contributed by atoms with E-state index in [1.807, 2.05) is 6.92 Å². The molecule has 0 bridgehead atoms. The third-order valence-corrected chi connectivity index (χ3v) is 5.12. The molecular weight excluding hydrogens is 228 g/mol. The number of ether oxygens (including phenoxy) is 1. The lowest BCUT2D eigenvalue weighted by molar-refractivity contribution is -0.137. The van der Waals surface area contributed by atoms with Gasteiger partial charge in [-0.05, 0) is 51.0 Å². The second kappa shape index (κ2) is 3.70. The molecule has 0 amide bonds. The van der Waals surface area contributed by atoms with E-state index in [4.69, 9.17) is 4.74 Å². The Morgan fingerprint density at radius 2 is 2.22 bits per heavy atom. The summed E-state index contributed by atoms with van der Waals surface area (Å²) < 4.78 is 5.36. The van der Waals surface area contributed by atoms with Crippen molar-refractivity contribution in [2.75, 3.05) is 0 Å². The van der Waals surface area contributed by atoms with Crippen molar-refractivity contribution in [3.63, 3.8) is 0 Å². The molecule has 98 valence electrons. The molecule has 0 aromatic carbocycles. The molecule has 0 radical (unpaired) electrons. The zero-order chi connectivity index (χ0) is 13.1. The molecule has 1 saturated carbocycles. The lowest BCUT2D eigenvalue weighted by atomic mass is 9.78. The smallest absolute Gasteiger partial charge is 0.334 e. The molecule has 1 heterocycles. The van der Waals surface area contributed by atoms with E-state index in [0.29, 0.717) is 11.5 Å². The molecule has 0 spiro atoms. The zero-order valence-corrected chi connectivity index (χ0v) is 11.0. The number of aliphatic hydroxyl groups is 1. The molecule has 3 rings (SSSR count). The van der Waals surface area contributed by atoms with Gasteiger partial charge in [0.05, 0.1) is 5.60 Å². The van der Waals surface area contributed by atoms with Crippen molar-refractivity contribution in [1.82, 2.24) is 0 Å². The average molecular weight is 248 g/mol. The Labute approximate surface area is 108 Å². The van der Waals surface area contributed by atoms with Crippen LogP contribution in [0, 0.1) is 17.8 Å². The molecule has 18 heavy (non-hydrogen) atoms. The number of fused-ring (bicyclic) bond motifs is 2. The minimum atomic E-state index is -0.624. The van der Waals surface area contributed by atoms with Crippen LogP contribution in [0.25, 0.3) is 0 Å². The van der Waals surface area contributed by atoms with E-state index in [1.165, 1.54) is 5.57 Å². The van der Waals surface area contributed by atoms with E-state index in [1.54, 1.807) is 0 Å². The summed E-state index contributed by atoms with van der Waals surface area (Å²) in [4.78, 5) is 11.6. The first-order chi connectivity index (χ1) is 8.40. The molecule has 0 aromatic heterocycles. The Balaban J connectivity index is 1.99. The number of hydrogen-bond donors (Lipinski definition) is 1. The van der Waals surface area contributed by atoms with Gasteiger partial charge in [-0.25, -0.2) is 4.79 Å². The highest BCUT2D eigenvalue weighted by Gasteiger charge is 2.50. The van der Waals surface area contributed by atoms with Crippen LogP contribution in [0.4, 0.5) is 0 Å². The molecule has 1 aliphatic heterocycles. The van der Waals surface area contributed by atoms with Gasteiger partial charge in [0.2, 0.25) is 0 Å². The summed E-state index contributed by atoms with van der Waals surface area (Å²) in [7, 11) is 0. The van der Waals surface area contributed by atoms with Gasteiger partial charge in [0.1, 0.15) is 6.10 Å². The van der Waals surface area contributed by atoms with Crippen LogP contribution in [0.5, 0.6) is 0 Å². The monoisotopic (exact) mass is 248 g/mol. The highest BCUT2D eigenvalue weighted by atomic mass is 16.5. The third kappa shape index (κ3) is 1.57. The van der Waals surface area contributed by atoms with Crippen LogP contribution in [-0.4, -0.2) is 22.8 Å². The Morgan fingerprint density at radius 1 is 1.50 bits per heavy atom. The lowest BCUT2D eigenvalue weighted by Gasteiger charge is -2.30. The van der Waals surface area contributed by atoms with Crippen molar-refractivity contribution in [3.05, 3.63) is 23.8 Å². The van der Waals surface area contributed by atoms with Crippen LogP contribution in [0.2, 0.25) is 0 Å². The fraction of sp³-hybridized carbons (Fsp3) is 0.667. The zero-order valence-electron chi connectivity index (χ0n) is 11.0. The summed E-state index contributed by atoms with van der Waals surface area (Å²) in [6, 6.07) is 0. The van der Waals surface area contributed by atoms with Crippen molar-refractivity contribution in [2.24, 2.45) is 17.8 Å². The van der Waals surface area contributed by atoms with Gasteiger partial charge < -0.3 is 9.84 Å². The fourth-order valence-electron chi connectivity index (χ4n) is 3.94. The van der Waals surface area contributed by atoms with Crippen molar-refractivity contribution in [1.29, 1.82) is 0 Å². The Kier molecular flexibility index (Phi) is 2.46. The Hall–Kier alpha value is -1.09. The van der Waals surface area contributed by atoms with Crippen LogP contribution in [0.1, 0.15) is 33.1 Å². The quantitative estimate of drug-likeness (QED) is 0.406. The molecule has 3 heteroatoms. The molecule has 0 unspecified atom stereocenters. The topological polar surface area (TPSA) is 46.5 Å². The van der Waals surface area contributed by atoms with Gasteiger partial charge in [0.15, 0.2) is 0 Å². The van der Waals surface area contributed by atoms with E-state index >= 15 is 0 Å². The molecular formula is C15H20O3. The maximum atomic E-state index is 11.6. The van der Waals surface area contributed by atoms with E-state index in [2.05, 4.69) is 19.6 Å². The van der Waals surface area contributed by atoms with Crippen molar-refractivity contribution in [2.45, 2.75) is 44.8 Å². The van der Waals surface area contributed by atoms with Crippen LogP contribution in [0.3, 0.4) is 0 Å². The number of allylic oxidation sites excluding steroid dienone is 1. The normalized spacial score (nSPS) is 47.2. The van der Waals surface area contributed by atoms with Gasteiger partial charge in [0, 0.05) is 11.5 Å². The summed E-state index contributed by atoms with van der Waals surface area (Å²) in [5.41, 5.74) is 1.21. The standard InChI is InChI=1S/C15H20O3/c1-8-6-13-11(9(2)14(16)18-13)7-12-10(8)4-5-15(12,3)17/h6,10-13,17H,2,4-5,7H2,1,3H3/t10-,11+,12+,13+,15+/m0/s1.